The Balaban J connectivity index is 2.05. The zero-order valence-corrected chi connectivity index (χ0v) is 8.05. The number of hydrogen-bond acceptors (Lipinski definition) is 1. The number of rotatable bonds is 2. The lowest BCUT2D eigenvalue weighted by molar-refractivity contribution is -0.122. The molecular weight excluding hydrogens is 148 g/mol. The fourth-order valence-electron chi connectivity index (χ4n) is 3.37. The normalized spacial score (nSPS) is 43.3. The molecule has 3 saturated carbocycles. The summed E-state index contributed by atoms with van der Waals surface area (Å²) >= 11 is 0. The number of fused-ring (bicyclic) bond motifs is 2. The molecule has 1 unspecified atom stereocenters. The molecule has 0 saturated heterocycles. The van der Waals surface area contributed by atoms with Gasteiger partial charge in [-0.2, -0.15) is 0 Å². The summed E-state index contributed by atoms with van der Waals surface area (Å²) in [6.07, 6.45) is 5.98. The van der Waals surface area contributed by atoms with Crippen LogP contribution in [0.1, 0.15) is 39.5 Å². The van der Waals surface area contributed by atoms with Crippen LogP contribution in [0.15, 0.2) is 0 Å². The summed E-state index contributed by atoms with van der Waals surface area (Å²) in [6.45, 7) is 4.76. The molecule has 2 bridgehead atoms. The molecule has 1 heteroatoms. The van der Waals surface area contributed by atoms with Crippen molar-refractivity contribution in [2.75, 3.05) is 0 Å². The minimum absolute atomic E-state index is 0.548. The van der Waals surface area contributed by atoms with E-state index >= 15 is 0 Å². The van der Waals surface area contributed by atoms with Gasteiger partial charge in [0.2, 0.25) is 0 Å². The van der Waals surface area contributed by atoms with Crippen LogP contribution in [-0.4, -0.2) is 6.29 Å². The largest absolute Gasteiger partial charge is 0.303 e. The maximum Gasteiger partial charge on any atom is 0.120 e. The maximum absolute atomic E-state index is 10.4. The van der Waals surface area contributed by atoms with Gasteiger partial charge in [-0.05, 0) is 42.4 Å². The zero-order chi connectivity index (χ0) is 8.77. The van der Waals surface area contributed by atoms with Crippen molar-refractivity contribution in [3.63, 3.8) is 0 Å². The van der Waals surface area contributed by atoms with Crippen molar-refractivity contribution >= 4 is 6.29 Å². The molecule has 3 fully saturated rings. The Bertz CT molecular complexity index is 193. The van der Waals surface area contributed by atoms with Crippen LogP contribution in [0.2, 0.25) is 0 Å². The highest BCUT2D eigenvalue weighted by atomic mass is 16.1. The van der Waals surface area contributed by atoms with Crippen molar-refractivity contribution < 1.29 is 4.79 Å². The average Bonchev–Trinajstić information content (AvgIpc) is 2.05. The lowest BCUT2D eigenvalue weighted by Crippen LogP contribution is -2.52. The highest BCUT2D eigenvalue weighted by Gasteiger charge is 2.53. The van der Waals surface area contributed by atoms with E-state index in [-0.39, 0.29) is 0 Å². The minimum Gasteiger partial charge on any atom is -0.303 e. The predicted molar refractivity (Wildman–Crippen MR) is 48.8 cm³/mol. The lowest BCUT2D eigenvalue weighted by Gasteiger charge is -2.60. The summed E-state index contributed by atoms with van der Waals surface area (Å²) in [5, 5.41) is 0. The van der Waals surface area contributed by atoms with Crippen molar-refractivity contribution in [3.05, 3.63) is 0 Å². The SMILES string of the molecule is CC1(C)[C@H]2CCC(CC=O)[C@@H]1C2. The highest BCUT2D eigenvalue weighted by molar-refractivity contribution is 5.50. The molecule has 0 radical (unpaired) electrons. The van der Waals surface area contributed by atoms with E-state index in [4.69, 9.17) is 0 Å². The summed E-state index contributed by atoms with van der Waals surface area (Å²) in [6, 6.07) is 0. The Morgan fingerprint density at radius 1 is 1.42 bits per heavy atom. The van der Waals surface area contributed by atoms with Gasteiger partial charge in [0.1, 0.15) is 6.29 Å². The Labute approximate surface area is 74.5 Å². The van der Waals surface area contributed by atoms with E-state index in [0.29, 0.717) is 11.3 Å². The number of carbonyl (C=O) groups is 1. The van der Waals surface area contributed by atoms with Gasteiger partial charge in [-0.1, -0.05) is 13.8 Å². The molecule has 0 aromatic rings. The van der Waals surface area contributed by atoms with Crippen molar-refractivity contribution in [1.29, 1.82) is 0 Å². The smallest absolute Gasteiger partial charge is 0.120 e. The van der Waals surface area contributed by atoms with Gasteiger partial charge in [-0.25, -0.2) is 0 Å². The van der Waals surface area contributed by atoms with E-state index in [2.05, 4.69) is 13.8 Å². The van der Waals surface area contributed by atoms with E-state index in [1.165, 1.54) is 19.3 Å². The molecule has 0 heterocycles. The van der Waals surface area contributed by atoms with Gasteiger partial charge in [0, 0.05) is 6.42 Å². The summed E-state index contributed by atoms with van der Waals surface area (Å²) in [7, 11) is 0. The van der Waals surface area contributed by atoms with Gasteiger partial charge in [0.05, 0.1) is 0 Å². The van der Waals surface area contributed by atoms with Gasteiger partial charge >= 0.3 is 0 Å². The topological polar surface area (TPSA) is 17.1 Å². The van der Waals surface area contributed by atoms with Gasteiger partial charge in [0.25, 0.3) is 0 Å². The van der Waals surface area contributed by atoms with Crippen LogP contribution in [-0.2, 0) is 4.79 Å². The average molecular weight is 166 g/mol. The van der Waals surface area contributed by atoms with Crippen molar-refractivity contribution in [3.8, 4) is 0 Å². The first kappa shape index (κ1) is 8.28. The van der Waals surface area contributed by atoms with E-state index in [1.54, 1.807) is 0 Å². The summed E-state index contributed by atoms with van der Waals surface area (Å²) in [5.41, 5.74) is 0.548. The zero-order valence-electron chi connectivity index (χ0n) is 8.05. The Hall–Kier alpha value is -0.330. The molecule has 12 heavy (non-hydrogen) atoms. The molecule has 1 nitrogen and oxygen atoms in total. The summed E-state index contributed by atoms with van der Waals surface area (Å²) in [4.78, 5) is 10.4. The molecule has 0 aromatic carbocycles. The number of hydrogen-bond donors (Lipinski definition) is 0. The molecule has 3 aliphatic carbocycles. The van der Waals surface area contributed by atoms with Crippen LogP contribution in [0.4, 0.5) is 0 Å². The molecule has 3 rings (SSSR count). The van der Waals surface area contributed by atoms with Crippen LogP contribution >= 0.6 is 0 Å². The molecule has 0 aromatic heterocycles. The third-order valence-corrected chi connectivity index (χ3v) is 4.40. The Kier molecular flexibility index (Phi) is 1.78. The van der Waals surface area contributed by atoms with E-state index in [9.17, 15) is 4.79 Å². The van der Waals surface area contributed by atoms with Gasteiger partial charge in [-0.15, -0.1) is 0 Å². The Morgan fingerprint density at radius 2 is 2.17 bits per heavy atom. The van der Waals surface area contributed by atoms with Gasteiger partial charge in [-0.3, -0.25) is 0 Å². The van der Waals surface area contributed by atoms with E-state index < -0.39 is 0 Å². The molecule has 68 valence electrons. The van der Waals surface area contributed by atoms with Crippen molar-refractivity contribution in [2.45, 2.75) is 39.5 Å². The second kappa shape index (κ2) is 2.58. The summed E-state index contributed by atoms with van der Waals surface area (Å²) in [5.74, 6) is 2.52. The number of aldehydes is 1. The summed E-state index contributed by atoms with van der Waals surface area (Å²) < 4.78 is 0. The van der Waals surface area contributed by atoms with Crippen molar-refractivity contribution in [1.82, 2.24) is 0 Å². The second-order valence-corrected chi connectivity index (χ2v) is 5.10. The monoisotopic (exact) mass is 166 g/mol. The van der Waals surface area contributed by atoms with Crippen LogP contribution < -0.4 is 0 Å². The first-order valence-electron chi connectivity index (χ1n) is 5.10. The first-order valence-corrected chi connectivity index (χ1v) is 5.10. The van der Waals surface area contributed by atoms with E-state index in [1.807, 2.05) is 0 Å². The van der Waals surface area contributed by atoms with Crippen LogP contribution in [0.25, 0.3) is 0 Å². The number of carbonyl (C=O) groups excluding carboxylic acids is 1. The molecule has 0 spiro atoms. The van der Waals surface area contributed by atoms with Crippen LogP contribution in [0.3, 0.4) is 0 Å². The lowest BCUT2D eigenvalue weighted by atomic mass is 9.45. The fraction of sp³-hybridized carbons (Fsp3) is 0.909. The Morgan fingerprint density at radius 3 is 2.67 bits per heavy atom. The van der Waals surface area contributed by atoms with Crippen molar-refractivity contribution in [2.24, 2.45) is 23.2 Å². The molecular formula is C11H18O. The van der Waals surface area contributed by atoms with Crippen LogP contribution in [0, 0.1) is 23.2 Å². The molecule has 0 amide bonds. The fourth-order valence-corrected chi connectivity index (χ4v) is 3.37. The third kappa shape index (κ3) is 0.949. The highest BCUT2D eigenvalue weighted by Crippen LogP contribution is 2.61. The second-order valence-electron chi connectivity index (χ2n) is 5.10. The third-order valence-electron chi connectivity index (χ3n) is 4.40. The molecule has 0 N–H and O–H groups in total. The minimum atomic E-state index is 0.548. The molecule has 3 aliphatic rings. The predicted octanol–water partition coefficient (Wildman–Crippen LogP) is 2.65. The van der Waals surface area contributed by atoms with Crippen LogP contribution in [0.5, 0.6) is 0 Å². The molecule has 0 aliphatic heterocycles. The standard InChI is InChI=1S/C11H18O/c1-11(2)9-4-3-8(5-6-12)10(11)7-9/h6,8-10H,3-5,7H2,1-2H3/t8?,9-,10-/m0/s1. The quantitative estimate of drug-likeness (QED) is 0.576. The maximum atomic E-state index is 10.4. The van der Waals surface area contributed by atoms with Gasteiger partial charge < -0.3 is 4.79 Å². The molecule has 3 atom stereocenters. The van der Waals surface area contributed by atoms with E-state index in [0.717, 1.165) is 24.5 Å². The first-order chi connectivity index (χ1) is 5.66. The van der Waals surface area contributed by atoms with Gasteiger partial charge in [0.15, 0.2) is 0 Å².